The van der Waals surface area contributed by atoms with Crippen molar-refractivity contribution in [2.75, 3.05) is 0 Å². The molecule has 7 unspecified atom stereocenters. The number of hydrogen-bond donors (Lipinski definition) is 2. The average Bonchev–Trinajstić information content (AvgIpc) is 3.05. The lowest BCUT2D eigenvalue weighted by Crippen LogP contribution is -2.59. The van der Waals surface area contributed by atoms with Gasteiger partial charge < -0.3 is 11.5 Å². The fourth-order valence-corrected chi connectivity index (χ4v) is 6.82. The van der Waals surface area contributed by atoms with E-state index in [1.807, 2.05) is 20.8 Å². The van der Waals surface area contributed by atoms with Gasteiger partial charge in [0.25, 0.3) is 0 Å². The van der Waals surface area contributed by atoms with Crippen molar-refractivity contribution in [1.82, 2.24) is 0 Å². The van der Waals surface area contributed by atoms with Crippen LogP contribution in [0, 0.1) is 35.0 Å². The van der Waals surface area contributed by atoms with Gasteiger partial charge in [0, 0.05) is 11.1 Å². The van der Waals surface area contributed by atoms with Gasteiger partial charge in [-0.15, -0.1) is 0 Å². The lowest BCUT2D eigenvalue weighted by Gasteiger charge is -2.44. The number of nitrogens with two attached hydrogens (primary N) is 2. The van der Waals surface area contributed by atoms with Crippen LogP contribution < -0.4 is 11.5 Å². The molecule has 0 heterocycles. The van der Waals surface area contributed by atoms with Gasteiger partial charge in [-0.1, -0.05) is 75.3 Å². The molecule has 0 spiro atoms. The lowest BCUT2D eigenvalue weighted by atomic mass is 9.61. The van der Waals surface area contributed by atoms with E-state index in [0.29, 0.717) is 23.2 Å². The van der Waals surface area contributed by atoms with Crippen LogP contribution in [0.3, 0.4) is 0 Å². The predicted octanol–water partition coefficient (Wildman–Crippen LogP) is 7.32. The zero-order valence-electron chi connectivity index (χ0n) is 22.0. The molecule has 180 valence electrons. The molecule has 32 heavy (non-hydrogen) atoms. The maximum absolute atomic E-state index is 6.53. The quantitative estimate of drug-likeness (QED) is 0.442. The summed E-state index contributed by atoms with van der Waals surface area (Å²) < 4.78 is 0. The maximum atomic E-state index is 6.53. The first-order valence-electron chi connectivity index (χ1n) is 13.1. The summed E-state index contributed by atoms with van der Waals surface area (Å²) >= 11 is 0. The van der Waals surface area contributed by atoms with Gasteiger partial charge >= 0.3 is 0 Å². The van der Waals surface area contributed by atoms with Crippen LogP contribution in [0.4, 0.5) is 0 Å². The summed E-state index contributed by atoms with van der Waals surface area (Å²) in [5.74, 6) is 3.22. The van der Waals surface area contributed by atoms with Crippen LogP contribution in [0.1, 0.15) is 93.4 Å². The largest absolute Gasteiger partial charge is 0.324 e. The molecule has 7 atom stereocenters. The zero-order chi connectivity index (χ0) is 23.9. The smallest absolute Gasteiger partial charge is 0.0487 e. The molecule has 0 radical (unpaired) electrons. The third kappa shape index (κ3) is 5.02. The minimum absolute atomic E-state index is 0.400. The summed E-state index contributed by atoms with van der Waals surface area (Å²) in [6.07, 6.45) is 18.5. The van der Waals surface area contributed by atoms with Crippen LogP contribution >= 0.6 is 0 Å². The third-order valence-electron chi connectivity index (χ3n) is 9.74. The summed E-state index contributed by atoms with van der Waals surface area (Å²) in [5, 5.41) is 0. The number of allylic oxidation sites excluding steroid dienone is 6. The molecule has 3 fully saturated rings. The normalized spacial score (nSPS) is 38.1. The monoisotopic (exact) mass is 438 g/mol. The summed E-state index contributed by atoms with van der Waals surface area (Å²) in [7, 11) is 0. The molecule has 0 amide bonds. The molecule has 0 aromatic carbocycles. The Bertz CT molecular complexity index is 774. The van der Waals surface area contributed by atoms with Gasteiger partial charge in [-0.3, -0.25) is 0 Å². The van der Waals surface area contributed by atoms with Crippen LogP contribution in [0.2, 0.25) is 0 Å². The van der Waals surface area contributed by atoms with Crippen LogP contribution in [-0.4, -0.2) is 11.1 Å². The molecule has 4 N–H and O–H groups in total. The van der Waals surface area contributed by atoms with Crippen molar-refractivity contribution in [1.29, 1.82) is 0 Å². The van der Waals surface area contributed by atoms with Crippen molar-refractivity contribution in [3.63, 3.8) is 0 Å². The van der Waals surface area contributed by atoms with Crippen molar-refractivity contribution >= 4 is 0 Å². The van der Waals surface area contributed by atoms with Crippen molar-refractivity contribution in [3.8, 4) is 0 Å². The van der Waals surface area contributed by atoms with Crippen LogP contribution in [0.25, 0.3) is 0 Å². The van der Waals surface area contributed by atoms with Gasteiger partial charge in [-0.05, 0) is 101 Å². The lowest BCUT2D eigenvalue weighted by molar-refractivity contribution is 0.112. The molecule has 0 saturated heterocycles. The molecule has 2 nitrogen and oxygen atoms in total. The van der Waals surface area contributed by atoms with E-state index < -0.39 is 11.1 Å². The van der Waals surface area contributed by atoms with E-state index in [0.717, 1.165) is 11.8 Å². The van der Waals surface area contributed by atoms with E-state index in [9.17, 15) is 0 Å². The highest BCUT2D eigenvalue weighted by Gasteiger charge is 2.50. The molecule has 3 saturated carbocycles. The van der Waals surface area contributed by atoms with Crippen molar-refractivity contribution in [2.24, 2.45) is 46.5 Å². The van der Waals surface area contributed by atoms with Gasteiger partial charge in [0.1, 0.15) is 0 Å². The Hall–Kier alpha value is -1.12. The molecular formula is C30H50N2. The fourth-order valence-electron chi connectivity index (χ4n) is 6.82. The standard InChI is InChI=1S/C30H50N2/c1-20(15-17-30(8,32)28(5,6)31)26-13-14-27-25(10-9-16-29(26,27)7)12-11-24-18-21(2)23(4)22(3)19-24/h11-12,15,17,20-22,26-27H,4,9-10,13-14,16,18-19,31-32H2,1-3,5-8H3/b17-15+,24-11?,25-12+. The predicted molar refractivity (Wildman–Crippen MR) is 140 cm³/mol. The molecule has 0 aromatic heterocycles. The highest BCUT2D eigenvalue weighted by molar-refractivity contribution is 5.28. The van der Waals surface area contributed by atoms with Crippen molar-refractivity contribution in [2.45, 2.75) is 104 Å². The molecule has 3 aliphatic carbocycles. The Balaban J connectivity index is 1.76. The Labute approximate surface area is 198 Å². The van der Waals surface area contributed by atoms with Crippen LogP contribution in [-0.2, 0) is 0 Å². The minimum Gasteiger partial charge on any atom is -0.324 e. The first-order valence-corrected chi connectivity index (χ1v) is 13.1. The van der Waals surface area contributed by atoms with E-state index in [1.165, 1.54) is 50.5 Å². The van der Waals surface area contributed by atoms with Crippen LogP contribution in [0.15, 0.2) is 47.6 Å². The molecular weight excluding hydrogens is 388 g/mol. The van der Waals surface area contributed by atoms with E-state index in [4.69, 9.17) is 11.5 Å². The highest BCUT2D eigenvalue weighted by atomic mass is 14.9. The molecule has 3 aliphatic rings. The fraction of sp³-hybridized carbons (Fsp3) is 0.733. The molecule has 0 bridgehead atoms. The molecule has 2 heteroatoms. The van der Waals surface area contributed by atoms with Crippen molar-refractivity contribution in [3.05, 3.63) is 47.6 Å². The van der Waals surface area contributed by atoms with E-state index in [-0.39, 0.29) is 0 Å². The van der Waals surface area contributed by atoms with Crippen molar-refractivity contribution < 1.29 is 0 Å². The maximum Gasteiger partial charge on any atom is 0.0487 e. The van der Waals surface area contributed by atoms with Gasteiger partial charge in [-0.25, -0.2) is 0 Å². The van der Waals surface area contributed by atoms with E-state index >= 15 is 0 Å². The number of hydrogen-bond acceptors (Lipinski definition) is 2. The number of fused-ring (bicyclic) bond motifs is 1. The second-order valence-corrected chi connectivity index (χ2v) is 12.7. The second kappa shape index (κ2) is 9.26. The number of rotatable bonds is 5. The summed E-state index contributed by atoms with van der Waals surface area (Å²) in [6, 6.07) is 0. The Kier molecular flexibility index (Phi) is 7.38. The topological polar surface area (TPSA) is 52.0 Å². The Morgan fingerprint density at radius 1 is 1.06 bits per heavy atom. The zero-order valence-corrected chi connectivity index (χ0v) is 22.0. The first-order chi connectivity index (χ1) is 14.8. The molecule has 0 aliphatic heterocycles. The second-order valence-electron chi connectivity index (χ2n) is 12.7. The van der Waals surface area contributed by atoms with Gasteiger partial charge in [0.2, 0.25) is 0 Å². The third-order valence-corrected chi connectivity index (χ3v) is 9.74. The van der Waals surface area contributed by atoms with Gasteiger partial charge in [0.05, 0.1) is 0 Å². The first kappa shape index (κ1) is 25.5. The van der Waals surface area contributed by atoms with E-state index in [2.05, 4.69) is 58.6 Å². The highest BCUT2D eigenvalue weighted by Crippen LogP contribution is 2.59. The Morgan fingerprint density at radius 3 is 2.28 bits per heavy atom. The van der Waals surface area contributed by atoms with E-state index in [1.54, 1.807) is 11.1 Å². The minimum atomic E-state index is -0.496. The summed E-state index contributed by atoms with van der Waals surface area (Å²) in [4.78, 5) is 0. The SMILES string of the molecule is C=C1C(C)CC(=C/C=C2\CCCC3(C)C2CCC3C(C)/C=C/C(C)(N)C(C)(C)N)CC1C. The van der Waals surface area contributed by atoms with Gasteiger partial charge in [0.15, 0.2) is 0 Å². The summed E-state index contributed by atoms with van der Waals surface area (Å²) in [5.41, 5.74) is 17.1. The Morgan fingerprint density at radius 2 is 1.69 bits per heavy atom. The molecule has 3 rings (SSSR count). The van der Waals surface area contributed by atoms with Gasteiger partial charge in [-0.2, -0.15) is 0 Å². The summed E-state index contributed by atoms with van der Waals surface area (Å²) in [6.45, 7) is 20.0. The van der Waals surface area contributed by atoms with Crippen LogP contribution in [0.5, 0.6) is 0 Å². The molecule has 0 aromatic rings. The average molecular weight is 439 g/mol.